The van der Waals surface area contributed by atoms with Crippen molar-refractivity contribution in [3.8, 4) is 5.75 Å². The van der Waals surface area contributed by atoms with E-state index < -0.39 is 0 Å². The molecular formula is C12H16O3. The summed E-state index contributed by atoms with van der Waals surface area (Å²) in [4.78, 5) is 0. The van der Waals surface area contributed by atoms with E-state index in [4.69, 9.17) is 14.2 Å². The monoisotopic (exact) mass is 208 g/mol. The summed E-state index contributed by atoms with van der Waals surface area (Å²) in [6, 6.07) is 7.92. The molecule has 0 aliphatic carbocycles. The van der Waals surface area contributed by atoms with Gasteiger partial charge in [-0.15, -0.1) is 0 Å². The first-order chi connectivity index (χ1) is 7.31. The normalized spacial score (nSPS) is 21.1. The molecular weight excluding hydrogens is 192 g/mol. The molecule has 0 saturated carbocycles. The Bertz CT molecular complexity index is 320. The summed E-state index contributed by atoms with van der Waals surface area (Å²) in [6.07, 6.45) is 0.354. The van der Waals surface area contributed by atoms with E-state index in [1.54, 1.807) is 7.11 Å². The molecule has 3 nitrogen and oxygen atoms in total. The van der Waals surface area contributed by atoms with Gasteiger partial charge in [0.15, 0.2) is 0 Å². The standard InChI is InChI=1S/C12H16O3/c1-9(14-7-10-8-15-10)11-5-3-4-6-12(11)13-2/h3-6,9-10H,7-8H2,1-2H3/t9?,10-/m0/s1. The van der Waals surface area contributed by atoms with Crippen molar-refractivity contribution in [3.63, 3.8) is 0 Å². The van der Waals surface area contributed by atoms with Crippen molar-refractivity contribution in [1.29, 1.82) is 0 Å². The van der Waals surface area contributed by atoms with Gasteiger partial charge < -0.3 is 14.2 Å². The molecule has 2 atom stereocenters. The zero-order valence-electron chi connectivity index (χ0n) is 9.10. The molecule has 2 rings (SSSR count). The van der Waals surface area contributed by atoms with Crippen LogP contribution in [0, 0.1) is 0 Å². The molecule has 0 bridgehead atoms. The van der Waals surface area contributed by atoms with Crippen LogP contribution in [0.3, 0.4) is 0 Å². The van der Waals surface area contributed by atoms with Crippen LogP contribution < -0.4 is 4.74 Å². The molecule has 1 aliphatic rings. The minimum atomic E-state index is 0.0466. The fraction of sp³-hybridized carbons (Fsp3) is 0.500. The molecule has 15 heavy (non-hydrogen) atoms. The second kappa shape index (κ2) is 4.64. The van der Waals surface area contributed by atoms with Crippen LogP contribution >= 0.6 is 0 Å². The maximum atomic E-state index is 5.69. The molecule has 0 spiro atoms. The zero-order chi connectivity index (χ0) is 10.7. The van der Waals surface area contributed by atoms with Crippen LogP contribution in [0.2, 0.25) is 0 Å². The van der Waals surface area contributed by atoms with Gasteiger partial charge in [-0.2, -0.15) is 0 Å². The van der Waals surface area contributed by atoms with Crippen LogP contribution in [0.25, 0.3) is 0 Å². The fourth-order valence-corrected chi connectivity index (χ4v) is 1.51. The lowest BCUT2D eigenvalue weighted by Crippen LogP contribution is -2.07. The third kappa shape index (κ3) is 2.70. The van der Waals surface area contributed by atoms with E-state index in [2.05, 4.69) is 0 Å². The van der Waals surface area contributed by atoms with E-state index >= 15 is 0 Å². The van der Waals surface area contributed by atoms with E-state index in [1.807, 2.05) is 31.2 Å². The van der Waals surface area contributed by atoms with E-state index in [1.165, 1.54) is 0 Å². The molecule has 1 aromatic rings. The number of hydrogen-bond donors (Lipinski definition) is 0. The minimum Gasteiger partial charge on any atom is -0.496 e. The number of hydrogen-bond acceptors (Lipinski definition) is 3. The zero-order valence-corrected chi connectivity index (χ0v) is 9.10. The topological polar surface area (TPSA) is 31.0 Å². The fourth-order valence-electron chi connectivity index (χ4n) is 1.51. The van der Waals surface area contributed by atoms with E-state index in [0.717, 1.165) is 17.9 Å². The highest BCUT2D eigenvalue weighted by molar-refractivity contribution is 5.34. The van der Waals surface area contributed by atoms with Crippen molar-refractivity contribution in [2.75, 3.05) is 20.3 Å². The van der Waals surface area contributed by atoms with Gasteiger partial charge in [0.1, 0.15) is 11.9 Å². The average Bonchev–Trinajstić information content (AvgIpc) is 3.09. The Labute approximate surface area is 90.0 Å². The second-order valence-corrected chi connectivity index (χ2v) is 3.67. The summed E-state index contributed by atoms with van der Waals surface area (Å²) in [6.45, 7) is 3.53. The van der Waals surface area contributed by atoms with Crippen LogP contribution in [0.4, 0.5) is 0 Å². The molecule has 1 heterocycles. The Balaban J connectivity index is 1.98. The van der Waals surface area contributed by atoms with Gasteiger partial charge in [-0.25, -0.2) is 0 Å². The van der Waals surface area contributed by atoms with E-state index in [9.17, 15) is 0 Å². The number of rotatable bonds is 5. The molecule has 0 amide bonds. The Morgan fingerprint density at radius 1 is 1.47 bits per heavy atom. The van der Waals surface area contributed by atoms with Crippen molar-refractivity contribution < 1.29 is 14.2 Å². The van der Waals surface area contributed by atoms with Crippen LogP contribution in [-0.2, 0) is 9.47 Å². The maximum Gasteiger partial charge on any atom is 0.124 e. The largest absolute Gasteiger partial charge is 0.496 e. The summed E-state index contributed by atoms with van der Waals surface area (Å²) < 4.78 is 16.1. The van der Waals surface area contributed by atoms with Crippen molar-refractivity contribution in [2.24, 2.45) is 0 Å². The van der Waals surface area contributed by atoms with Crippen LogP contribution in [0.1, 0.15) is 18.6 Å². The first-order valence-corrected chi connectivity index (χ1v) is 5.17. The summed E-state index contributed by atoms with van der Waals surface area (Å²) in [7, 11) is 1.68. The van der Waals surface area contributed by atoms with Gasteiger partial charge in [0, 0.05) is 5.56 Å². The van der Waals surface area contributed by atoms with Crippen LogP contribution in [0.5, 0.6) is 5.75 Å². The summed E-state index contributed by atoms with van der Waals surface area (Å²) in [5, 5.41) is 0. The summed E-state index contributed by atoms with van der Waals surface area (Å²) in [5.41, 5.74) is 1.08. The average molecular weight is 208 g/mol. The Morgan fingerprint density at radius 2 is 2.20 bits per heavy atom. The highest BCUT2D eigenvalue weighted by atomic mass is 16.6. The van der Waals surface area contributed by atoms with Gasteiger partial charge in [-0.05, 0) is 13.0 Å². The molecule has 1 aromatic carbocycles. The highest BCUT2D eigenvalue weighted by Crippen LogP contribution is 2.27. The summed E-state index contributed by atoms with van der Waals surface area (Å²) in [5.74, 6) is 0.877. The van der Waals surface area contributed by atoms with Crippen LogP contribution in [0.15, 0.2) is 24.3 Å². The SMILES string of the molecule is COc1ccccc1C(C)OC[C@H]1CO1. The lowest BCUT2D eigenvalue weighted by atomic mass is 10.1. The molecule has 82 valence electrons. The van der Waals surface area contributed by atoms with Gasteiger partial charge in [-0.3, -0.25) is 0 Å². The predicted octanol–water partition coefficient (Wildman–Crippen LogP) is 2.17. The molecule has 1 aliphatic heterocycles. The smallest absolute Gasteiger partial charge is 0.124 e. The number of ether oxygens (including phenoxy) is 3. The first kappa shape index (κ1) is 10.5. The van der Waals surface area contributed by atoms with Crippen molar-refractivity contribution in [2.45, 2.75) is 19.1 Å². The third-order valence-corrected chi connectivity index (χ3v) is 2.51. The van der Waals surface area contributed by atoms with Crippen LogP contribution in [-0.4, -0.2) is 26.4 Å². The van der Waals surface area contributed by atoms with Gasteiger partial charge >= 0.3 is 0 Å². The minimum absolute atomic E-state index is 0.0466. The Kier molecular flexibility index (Phi) is 3.23. The number of methoxy groups -OCH3 is 1. The molecule has 0 aromatic heterocycles. The van der Waals surface area contributed by atoms with Gasteiger partial charge in [0.2, 0.25) is 0 Å². The lowest BCUT2D eigenvalue weighted by molar-refractivity contribution is 0.0524. The predicted molar refractivity (Wildman–Crippen MR) is 57.1 cm³/mol. The van der Waals surface area contributed by atoms with E-state index in [0.29, 0.717) is 12.7 Å². The summed E-state index contributed by atoms with van der Waals surface area (Å²) >= 11 is 0. The second-order valence-electron chi connectivity index (χ2n) is 3.67. The quantitative estimate of drug-likeness (QED) is 0.695. The number of para-hydroxylation sites is 1. The van der Waals surface area contributed by atoms with E-state index in [-0.39, 0.29) is 6.10 Å². The maximum absolute atomic E-state index is 5.69. The Hall–Kier alpha value is -1.06. The molecule has 3 heteroatoms. The number of epoxide rings is 1. The van der Waals surface area contributed by atoms with Gasteiger partial charge in [0.05, 0.1) is 26.4 Å². The first-order valence-electron chi connectivity index (χ1n) is 5.17. The Morgan fingerprint density at radius 3 is 2.87 bits per heavy atom. The van der Waals surface area contributed by atoms with Crippen molar-refractivity contribution in [1.82, 2.24) is 0 Å². The third-order valence-electron chi connectivity index (χ3n) is 2.51. The molecule has 1 fully saturated rings. The molecule has 1 saturated heterocycles. The van der Waals surface area contributed by atoms with Crippen molar-refractivity contribution in [3.05, 3.63) is 29.8 Å². The number of benzene rings is 1. The highest BCUT2D eigenvalue weighted by Gasteiger charge is 2.24. The lowest BCUT2D eigenvalue weighted by Gasteiger charge is -2.15. The molecule has 1 unspecified atom stereocenters. The molecule has 0 N–H and O–H groups in total. The molecule has 0 radical (unpaired) electrons. The van der Waals surface area contributed by atoms with Gasteiger partial charge in [-0.1, -0.05) is 18.2 Å². The van der Waals surface area contributed by atoms with Crippen molar-refractivity contribution >= 4 is 0 Å². The van der Waals surface area contributed by atoms with Gasteiger partial charge in [0.25, 0.3) is 0 Å².